The third-order valence-electron chi connectivity index (χ3n) is 6.33. The lowest BCUT2D eigenvalue weighted by molar-refractivity contribution is -0.262. The average molecular weight is 452 g/mol. The number of halogens is 4. The molecule has 1 atom stereocenters. The van der Waals surface area contributed by atoms with Gasteiger partial charge in [-0.3, -0.25) is 4.79 Å². The number of hydrogen-bond acceptors (Lipinski definition) is 3. The average Bonchev–Trinajstić information content (AvgIpc) is 2.66. The first-order valence-electron chi connectivity index (χ1n) is 10.5. The number of rotatable bonds is 5. The maximum absolute atomic E-state index is 14.3. The van der Waals surface area contributed by atoms with E-state index in [4.69, 9.17) is 0 Å². The van der Waals surface area contributed by atoms with E-state index in [0.717, 1.165) is 0 Å². The topological polar surface area (TPSA) is 40.5 Å². The van der Waals surface area contributed by atoms with Gasteiger partial charge in [0.15, 0.2) is 11.4 Å². The van der Waals surface area contributed by atoms with Crippen LogP contribution in [0.5, 0.6) is 0 Å². The Morgan fingerprint density at radius 1 is 1.09 bits per heavy atom. The molecule has 0 aliphatic carbocycles. The summed E-state index contributed by atoms with van der Waals surface area (Å²) in [6.45, 7) is 7.53. The van der Waals surface area contributed by atoms with Crippen molar-refractivity contribution in [3.8, 4) is 0 Å². The molecular weight excluding hydrogens is 422 g/mol. The van der Waals surface area contributed by atoms with Crippen LogP contribution < -0.4 is 4.90 Å². The van der Waals surface area contributed by atoms with E-state index in [-0.39, 0.29) is 12.3 Å². The fourth-order valence-corrected chi connectivity index (χ4v) is 4.79. The molecule has 1 aliphatic heterocycles. The quantitative estimate of drug-likeness (QED) is 0.582. The molecule has 174 valence electrons. The van der Waals surface area contributed by atoms with Crippen molar-refractivity contribution in [2.24, 2.45) is 5.41 Å². The zero-order chi connectivity index (χ0) is 24.1. The van der Waals surface area contributed by atoms with Gasteiger partial charge in [-0.15, -0.1) is 0 Å². The van der Waals surface area contributed by atoms with Gasteiger partial charge in [0.2, 0.25) is 0 Å². The molecule has 0 radical (unpaired) electrons. The van der Waals surface area contributed by atoms with Crippen LogP contribution in [0.4, 0.5) is 23.2 Å². The number of carbonyl (C=O) groups is 1. The lowest BCUT2D eigenvalue weighted by Crippen LogP contribution is -2.59. The van der Waals surface area contributed by atoms with Gasteiger partial charge in [-0.1, -0.05) is 45.9 Å². The number of β-amino-alcohol motifs (C(OH)–C–C–N with tert-alkyl or cyclic N) is 1. The Bertz CT molecular complexity index is 1030. The summed E-state index contributed by atoms with van der Waals surface area (Å²) in [6.07, 6.45) is -5.60. The first kappa shape index (κ1) is 24.2. The van der Waals surface area contributed by atoms with Crippen LogP contribution in [0, 0.1) is 18.2 Å². The number of alkyl halides is 3. The second-order valence-electron chi connectivity index (χ2n) is 10.1. The number of benzene rings is 2. The second kappa shape index (κ2) is 7.87. The molecule has 0 saturated heterocycles. The van der Waals surface area contributed by atoms with E-state index in [1.807, 2.05) is 0 Å². The van der Waals surface area contributed by atoms with Gasteiger partial charge in [-0.2, -0.15) is 13.2 Å². The summed E-state index contributed by atoms with van der Waals surface area (Å²) in [5, 5.41) is 11.1. The minimum Gasteiger partial charge on any atom is -0.379 e. The lowest BCUT2D eigenvalue weighted by Gasteiger charge is -2.45. The number of aryl methyl sites for hydroxylation is 1. The number of Topliss-reactive ketones (excluding diaryl/α,β-unsaturated/α-hetero) is 1. The monoisotopic (exact) mass is 451 g/mol. The maximum atomic E-state index is 14.3. The number of nitrogens with zero attached hydrogens (tertiary/aromatic N) is 1. The number of fused-ring (bicyclic) bond motifs is 1. The highest BCUT2D eigenvalue weighted by atomic mass is 19.4. The maximum Gasteiger partial charge on any atom is 0.418 e. The normalized spacial score (nSPS) is 18.3. The highest BCUT2D eigenvalue weighted by molar-refractivity contribution is 6.06. The molecule has 1 N–H and O–H groups in total. The second-order valence-corrected chi connectivity index (χ2v) is 10.1. The summed E-state index contributed by atoms with van der Waals surface area (Å²) < 4.78 is 56.8. The first-order chi connectivity index (χ1) is 14.6. The lowest BCUT2D eigenvalue weighted by atomic mass is 9.72. The first-order valence-corrected chi connectivity index (χ1v) is 10.5. The minimum atomic E-state index is -4.94. The molecule has 1 unspecified atom stereocenters. The van der Waals surface area contributed by atoms with Gasteiger partial charge in [-0.05, 0) is 54.2 Å². The van der Waals surface area contributed by atoms with E-state index in [2.05, 4.69) is 0 Å². The Morgan fingerprint density at radius 2 is 1.72 bits per heavy atom. The van der Waals surface area contributed by atoms with E-state index in [1.54, 1.807) is 58.9 Å². The fraction of sp³-hybridized carbons (Fsp3) is 0.480. The molecular formula is C25H29F4NO2. The van der Waals surface area contributed by atoms with Crippen LogP contribution in [0.2, 0.25) is 0 Å². The number of aliphatic hydroxyl groups is 1. The van der Waals surface area contributed by atoms with Crippen molar-refractivity contribution in [3.05, 3.63) is 65.0 Å². The molecule has 0 amide bonds. The summed E-state index contributed by atoms with van der Waals surface area (Å²) in [6, 6.07) is 10.5. The van der Waals surface area contributed by atoms with Crippen LogP contribution in [-0.2, 0) is 5.41 Å². The number of para-hydroxylation sites is 1. The summed E-state index contributed by atoms with van der Waals surface area (Å²) in [5.74, 6) is -0.685. The molecule has 0 saturated carbocycles. The van der Waals surface area contributed by atoms with E-state index >= 15 is 0 Å². The molecule has 0 fully saturated rings. The molecule has 0 aromatic heterocycles. The zero-order valence-corrected chi connectivity index (χ0v) is 19.0. The molecule has 2 aromatic rings. The highest BCUT2D eigenvalue weighted by Gasteiger charge is 2.57. The Morgan fingerprint density at radius 3 is 2.34 bits per heavy atom. The summed E-state index contributed by atoms with van der Waals surface area (Å²) in [4.78, 5) is 14.2. The van der Waals surface area contributed by atoms with E-state index in [0.29, 0.717) is 22.4 Å². The Labute approximate surface area is 186 Å². The van der Waals surface area contributed by atoms with Crippen LogP contribution in [0.1, 0.15) is 55.6 Å². The van der Waals surface area contributed by atoms with Gasteiger partial charge >= 0.3 is 6.18 Å². The SMILES string of the molecule is Cc1ccc(F)cc1C(C)(C)CC(O)(CN1CC(C)(C)C(=O)c2ccccc21)C(F)(F)F. The van der Waals surface area contributed by atoms with Crippen LogP contribution in [-0.4, -0.2) is 35.8 Å². The Kier molecular flexibility index (Phi) is 5.96. The minimum absolute atomic E-state index is 0.0423. The predicted molar refractivity (Wildman–Crippen MR) is 117 cm³/mol. The number of carbonyl (C=O) groups excluding carboxylic acids is 1. The van der Waals surface area contributed by atoms with Crippen molar-refractivity contribution in [1.82, 2.24) is 0 Å². The Hall–Kier alpha value is -2.41. The number of ketones is 1. The van der Waals surface area contributed by atoms with Crippen LogP contribution >= 0.6 is 0 Å². The van der Waals surface area contributed by atoms with Gasteiger partial charge in [-0.25, -0.2) is 4.39 Å². The largest absolute Gasteiger partial charge is 0.418 e. The standard InChI is InChI=1S/C25H29F4NO2/c1-16-10-11-17(26)12-19(16)22(2,3)13-24(32,25(27,28)29)15-30-14-23(4,5)21(31)18-8-6-7-9-20(18)30/h6-12,32H,13-15H2,1-5H3. The van der Waals surface area contributed by atoms with E-state index < -0.39 is 41.4 Å². The molecule has 3 rings (SSSR count). The highest BCUT2D eigenvalue weighted by Crippen LogP contribution is 2.45. The Balaban J connectivity index is 2.03. The van der Waals surface area contributed by atoms with Crippen molar-refractivity contribution < 1.29 is 27.5 Å². The number of hydrogen-bond donors (Lipinski definition) is 1. The van der Waals surface area contributed by atoms with Crippen LogP contribution in [0.25, 0.3) is 0 Å². The zero-order valence-electron chi connectivity index (χ0n) is 19.0. The summed E-state index contributed by atoms with van der Waals surface area (Å²) in [5.41, 5.74) is -3.38. The van der Waals surface area contributed by atoms with E-state index in [1.165, 1.54) is 23.1 Å². The molecule has 32 heavy (non-hydrogen) atoms. The molecule has 0 spiro atoms. The molecule has 2 aromatic carbocycles. The van der Waals surface area contributed by atoms with Crippen LogP contribution in [0.15, 0.2) is 42.5 Å². The van der Waals surface area contributed by atoms with Gasteiger partial charge in [0.05, 0.1) is 6.54 Å². The molecule has 1 heterocycles. The van der Waals surface area contributed by atoms with Crippen molar-refractivity contribution in [2.75, 3.05) is 18.0 Å². The third-order valence-corrected chi connectivity index (χ3v) is 6.33. The van der Waals surface area contributed by atoms with Crippen LogP contribution in [0.3, 0.4) is 0 Å². The van der Waals surface area contributed by atoms with Crippen molar-refractivity contribution in [2.45, 2.75) is 58.2 Å². The smallest absolute Gasteiger partial charge is 0.379 e. The van der Waals surface area contributed by atoms with Gasteiger partial charge in [0, 0.05) is 23.2 Å². The van der Waals surface area contributed by atoms with Crippen molar-refractivity contribution >= 4 is 11.5 Å². The summed E-state index contributed by atoms with van der Waals surface area (Å²) >= 11 is 0. The summed E-state index contributed by atoms with van der Waals surface area (Å²) in [7, 11) is 0. The van der Waals surface area contributed by atoms with Crippen molar-refractivity contribution in [3.63, 3.8) is 0 Å². The van der Waals surface area contributed by atoms with E-state index in [9.17, 15) is 27.5 Å². The van der Waals surface area contributed by atoms with Gasteiger partial charge < -0.3 is 10.0 Å². The fourth-order valence-electron chi connectivity index (χ4n) is 4.79. The van der Waals surface area contributed by atoms with Crippen molar-refractivity contribution in [1.29, 1.82) is 0 Å². The predicted octanol–water partition coefficient (Wildman–Crippen LogP) is 5.82. The molecule has 0 bridgehead atoms. The third kappa shape index (κ3) is 4.40. The van der Waals surface area contributed by atoms with Gasteiger partial charge in [0.1, 0.15) is 5.82 Å². The molecule has 1 aliphatic rings. The number of anilines is 1. The van der Waals surface area contributed by atoms with Gasteiger partial charge in [0.25, 0.3) is 0 Å². The molecule has 7 heteroatoms. The molecule has 3 nitrogen and oxygen atoms in total.